The van der Waals surface area contributed by atoms with Crippen LogP contribution < -0.4 is 14.8 Å². The number of anilines is 1. The molecule has 0 saturated carbocycles. The number of ketones is 1. The maximum Gasteiger partial charge on any atom is 0.261 e. The van der Waals surface area contributed by atoms with Crippen LogP contribution in [0.25, 0.3) is 0 Å². The molecule has 0 radical (unpaired) electrons. The quantitative estimate of drug-likeness (QED) is 0.778. The minimum atomic E-state index is -1.88. The zero-order valence-corrected chi connectivity index (χ0v) is 15.0. The lowest BCUT2D eigenvalue weighted by Crippen LogP contribution is -2.36. The molecule has 6 heteroatoms. The first kappa shape index (κ1) is 17.9. The first-order valence-electron chi connectivity index (χ1n) is 8.35. The Bertz CT molecular complexity index is 877. The second-order valence-corrected chi connectivity index (χ2v) is 6.22. The van der Waals surface area contributed by atoms with Crippen molar-refractivity contribution in [2.24, 2.45) is 0 Å². The Morgan fingerprint density at radius 2 is 1.85 bits per heavy atom. The minimum Gasteiger partial charge on any atom is -0.493 e. The number of Topliss-reactive ketones (excluding diaryl/α,β-unsaturated/α-hetero) is 1. The molecule has 1 amide bonds. The van der Waals surface area contributed by atoms with Gasteiger partial charge in [-0.05, 0) is 36.2 Å². The second-order valence-electron chi connectivity index (χ2n) is 6.22. The number of carbonyl (C=O) groups is 2. The third kappa shape index (κ3) is 2.93. The van der Waals surface area contributed by atoms with Crippen LogP contribution in [0.4, 0.5) is 5.69 Å². The average molecular weight is 355 g/mol. The molecule has 0 spiro atoms. The van der Waals surface area contributed by atoms with E-state index in [0.717, 1.165) is 12.0 Å². The highest BCUT2D eigenvalue weighted by Gasteiger charge is 2.46. The summed E-state index contributed by atoms with van der Waals surface area (Å²) in [6.07, 6.45) is 0.412. The summed E-state index contributed by atoms with van der Waals surface area (Å²) in [6.45, 7) is 1.99. The molecule has 26 heavy (non-hydrogen) atoms. The third-order valence-corrected chi connectivity index (χ3v) is 4.68. The molecule has 6 nitrogen and oxygen atoms in total. The van der Waals surface area contributed by atoms with Crippen LogP contribution in [-0.4, -0.2) is 31.0 Å². The average Bonchev–Trinajstić information content (AvgIpc) is 2.90. The number of carbonyl (C=O) groups excluding carboxylic acids is 2. The van der Waals surface area contributed by atoms with Crippen LogP contribution in [0, 0.1) is 0 Å². The first-order chi connectivity index (χ1) is 12.4. The highest BCUT2D eigenvalue weighted by atomic mass is 16.5. The minimum absolute atomic E-state index is 0.337. The SMILES string of the molecule is CCc1ccc2c(c1)C(O)(CC(=O)c1ccc(OC)c(OC)c1)C(=O)N2. The number of nitrogens with one attached hydrogen (secondary N) is 1. The van der Waals surface area contributed by atoms with Gasteiger partial charge in [-0.3, -0.25) is 9.59 Å². The van der Waals surface area contributed by atoms with Crippen molar-refractivity contribution < 1.29 is 24.2 Å². The van der Waals surface area contributed by atoms with Crippen molar-refractivity contribution in [3.8, 4) is 11.5 Å². The van der Waals surface area contributed by atoms with E-state index in [9.17, 15) is 14.7 Å². The molecule has 1 aliphatic heterocycles. The van der Waals surface area contributed by atoms with Crippen LogP contribution in [0.2, 0.25) is 0 Å². The molecule has 0 bridgehead atoms. The molecule has 136 valence electrons. The lowest BCUT2D eigenvalue weighted by atomic mass is 9.87. The van der Waals surface area contributed by atoms with E-state index in [4.69, 9.17) is 9.47 Å². The van der Waals surface area contributed by atoms with Gasteiger partial charge in [-0.2, -0.15) is 0 Å². The van der Waals surface area contributed by atoms with Crippen LogP contribution in [0.1, 0.15) is 34.8 Å². The standard InChI is InChI=1S/C20H21NO5/c1-4-12-5-7-15-14(9-12)20(24,19(23)21-15)11-16(22)13-6-8-17(25-2)18(10-13)26-3/h5-10,24H,4,11H2,1-3H3,(H,21,23). The van der Waals surface area contributed by atoms with Crippen LogP contribution in [0.3, 0.4) is 0 Å². The fourth-order valence-electron chi connectivity index (χ4n) is 3.13. The predicted molar refractivity (Wildman–Crippen MR) is 96.8 cm³/mol. The van der Waals surface area contributed by atoms with Crippen LogP contribution >= 0.6 is 0 Å². The van der Waals surface area contributed by atoms with E-state index in [-0.39, 0.29) is 12.2 Å². The molecular weight excluding hydrogens is 334 g/mol. The van der Waals surface area contributed by atoms with Crippen molar-refractivity contribution in [3.63, 3.8) is 0 Å². The number of benzene rings is 2. The van der Waals surface area contributed by atoms with Gasteiger partial charge in [0.1, 0.15) is 0 Å². The summed E-state index contributed by atoms with van der Waals surface area (Å²) in [7, 11) is 2.99. The Balaban J connectivity index is 1.93. The van der Waals surface area contributed by atoms with Gasteiger partial charge in [0, 0.05) is 16.8 Å². The zero-order chi connectivity index (χ0) is 18.9. The van der Waals surface area contributed by atoms with E-state index in [1.165, 1.54) is 14.2 Å². The summed E-state index contributed by atoms with van der Waals surface area (Å²) in [5, 5.41) is 13.7. The third-order valence-electron chi connectivity index (χ3n) is 4.68. The van der Waals surface area contributed by atoms with Gasteiger partial charge in [-0.1, -0.05) is 19.1 Å². The maximum absolute atomic E-state index is 12.7. The van der Waals surface area contributed by atoms with Gasteiger partial charge in [0.2, 0.25) is 0 Å². The van der Waals surface area contributed by atoms with Gasteiger partial charge in [0.15, 0.2) is 22.9 Å². The van der Waals surface area contributed by atoms with E-state index in [2.05, 4.69) is 5.32 Å². The van der Waals surface area contributed by atoms with Crippen LogP contribution in [0.15, 0.2) is 36.4 Å². The molecule has 1 unspecified atom stereocenters. The van der Waals surface area contributed by atoms with Crippen LogP contribution in [-0.2, 0) is 16.8 Å². The number of amides is 1. The molecule has 3 rings (SSSR count). The van der Waals surface area contributed by atoms with Crippen molar-refractivity contribution in [2.45, 2.75) is 25.4 Å². The van der Waals surface area contributed by atoms with E-state index >= 15 is 0 Å². The number of aliphatic hydroxyl groups is 1. The second kappa shape index (κ2) is 6.80. The Labute approximate surface area is 151 Å². The summed E-state index contributed by atoms with van der Waals surface area (Å²) in [6, 6.07) is 10.2. The number of hydrogen-bond donors (Lipinski definition) is 2. The van der Waals surface area contributed by atoms with Crippen molar-refractivity contribution >= 4 is 17.4 Å². The molecule has 2 N–H and O–H groups in total. The highest BCUT2D eigenvalue weighted by molar-refractivity contribution is 6.09. The molecule has 0 aromatic heterocycles. The highest BCUT2D eigenvalue weighted by Crippen LogP contribution is 2.40. The van der Waals surface area contributed by atoms with Gasteiger partial charge in [0.05, 0.1) is 20.6 Å². The van der Waals surface area contributed by atoms with E-state index in [1.54, 1.807) is 30.3 Å². The monoisotopic (exact) mass is 355 g/mol. The summed E-state index contributed by atoms with van der Waals surface area (Å²) < 4.78 is 10.4. The first-order valence-corrected chi connectivity index (χ1v) is 8.35. The molecule has 2 aromatic carbocycles. The fourth-order valence-corrected chi connectivity index (χ4v) is 3.13. The predicted octanol–water partition coefficient (Wildman–Crippen LogP) is 2.68. The Kier molecular flexibility index (Phi) is 4.70. The van der Waals surface area contributed by atoms with Crippen molar-refractivity contribution in [3.05, 3.63) is 53.1 Å². The van der Waals surface area contributed by atoms with Gasteiger partial charge in [-0.15, -0.1) is 0 Å². The van der Waals surface area contributed by atoms with Gasteiger partial charge in [-0.25, -0.2) is 0 Å². The lowest BCUT2D eigenvalue weighted by molar-refractivity contribution is -0.133. The van der Waals surface area contributed by atoms with Crippen LogP contribution in [0.5, 0.6) is 11.5 Å². The van der Waals surface area contributed by atoms with Gasteiger partial charge in [0.25, 0.3) is 5.91 Å². The lowest BCUT2D eigenvalue weighted by Gasteiger charge is -2.20. The largest absolute Gasteiger partial charge is 0.493 e. The molecule has 0 fully saturated rings. The number of ether oxygens (including phenoxy) is 2. The maximum atomic E-state index is 12.7. The van der Waals surface area contributed by atoms with Crippen molar-refractivity contribution in [1.29, 1.82) is 0 Å². The fraction of sp³-hybridized carbons (Fsp3) is 0.300. The Morgan fingerprint density at radius 3 is 2.50 bits per heavy atom. The molecule has 0 saturated heterocycles. The number of methoxy groups -OCH3 is 2. The molecule has 1 atom stereocenters. The Morgan fingerprint density at radius 1 is 1.12 bits per heavy atom. The molecule has 2 aromatic rings. The number of hydrogen-bond acceptors (Lipinski definition) is 5. The van der Waals surface area contributed by atoms with E-state index in [1.807, 2.05) is 13.0 Å². The number of aryl methyl sites for hydroxylation is 1. The molecule has 1 heterocycles. The number of rotatable bonds is 6. The summed E-state index contributed by atoms with van der Waals surface area (Å²) in [4.78, 5) is 25.1. The smallest absolute Gasteiger partial charge is 0.261 e. The molecular formula is C20H21NO5. The van der Waals surface area contributed by atoms with E-state index < -0.39 is 11.5 Å². The molecule has 1 aliphatic rings. The topological polar surface area (TPSA) is 84.9 Å². The van der Waals surface area contributed by atoms with E-state index in [0.29, 0.717) is 28.3 Å². The summed E-state index contributed by atoms with van der Waals surface area (Å²) in [5.74, 6) is -0.0397. The number of fused-ring (bicyclic) bond motifs is 1. The summed E-state index contributed by atoms with van der Waals surface area (Å²) >= 11 is 0. The Hall–Kier alpha value is -2.86. The van der Waals surface area contributed by atoms with Crippen molar-refractivity contribution in [1.82, 2.24) is 0 Å². The van der Waals surface area contributed by atoms with Crippen molar-refractivity contribution in [2.75, 3.05) is 19.5 Å². The normalized spacial score (nSPS) is 18.2. The summed E-state index contributed by atoms with van der Waals surface area (Å²) in [5.41, 5.74) is 0.414. The zero-order valence-electron chi connectivity index (χ0n) is 15.0. The molecule has 0 aliphatic carbocycles. The van der Waals surface area contributed by atoms with Gasteiger partial charge >= 0.3 is 0 Å². The van der Waals surface area contributed by atoms with Gasteiger partial charge < -0.3 is 19.9 Å².